The minimum absolute atomic E-state index is 0.0597. The lowest BCUT2D eigenvalue weighted by Crippen LogP contribution is -2.47. The molecule has 0 aliphatic carbocycles. The standard InChI is InChI=1S/C24H22ClNO4S/c25-16-2-4-17(5-3-16)30-18-6-8-22-20(12-18)23(29)19-11-15(1-7-21(19)31-22)9-10-24(26,13-27)14-28/h1-8,11-12,27-28H,9-10,13-14,26H2. The van der Waals surface area contributed by atoms with Gasteiger partial charge < -0.3 is 20.7 Å². The molecule has 5 nitrogen and oxygen atoms in total. The molecule has 0 fully saturated rings. The van der Waals surface area contributed by atoms with Crippen molar-refractivity contribution in [3.63, 3.8) is 0 Å². The van der Waals surface area contributed by atoms with E-state index in [4.69, 9.17) is 22.1 Å². The summed E-state index contributed by atoms with van der Waals surface area (Å²) in [6.45, 7) is -0.597. The van der Waals surface area contributed by atoms with Crippen molar-refractivity contribution in [1.29, 1.82) is 0 Å². The van der Waals surface area contributed by atoms with Gasteiger partial charge >= 0.3 is 0 Å². The molecule has 160 valence electrons. The summed E-state index contributed by atoms with van der Waals surface area (Å²) in [6, 6.07) is 18.3. The van der Waals surface area contributed by atoms with Gasteiger partial charge in [-0.25, -0.2) is 0 Å². The molecule has 1 aromatic heterocycles. The number of aliphatic hydroxyl groups is 2. The number of aliphatic hydroxyl groups excluding tert-OH is 2. The number of hydrogen-bond donors (Lipinski definition) is 3. The second-order valence-corrected chi connectivity index (χ2v) is 9.17. The highest BCUT2D eigenvalue weighted by Gasteiger charge is 2.22. The van der Waals surface area contributed by atoms with E-state index in [0.29, 0.717) is 40.1 Å². The molecule has 31 heavy (non-hydrogen) atoms. The van der Waals surface area contributed by atoms with E-state index in [1.165, 1.54) is 0 Å². The van der Waals surface area contributed by atoms with Gasteiger partial charge in [-0.3, -0.25) is 4.79 Å². The van der Waals surface area contributed by atoms with Gasteiger partial charge in [0.1, 0.15) is 11.5 Å². The molecule has 0 spiro atoms. The first-order valence-corrected chi connectivity index (χ1v) is 11.0. The minimum atomic E-state index is -1.03. The molecule has 3 aromatic carbocycles. The fourth-order valence-electron chi connectivity index (χ4n) is 3.34. The van der Waals surface area contributed by atoms with Gasteiger partial charge in [0.15, 0.2) is 5.43 Å². The zero-order valence-corrected chi connectivity index (χ0v) is 18.2. The number of aryl methyl sites for hydroxylation is 1. The summed E-state index contributed by atoms with van der Waals surface area (Å²) in [4.78, 5) is 13.2. The van der Waals surface area contributed by atoms with E-state index in [1.54, 1.807) is 41.7 Å². The van der Waals surface area contributed by atoms with Crippen molar-refractivity contribution in [2.45, 2.75) is 18.4 Å². The summed E-state index contributed by atoms with van der Waals surface area (Å²) in [5.74, 6) is 1.22. The summed E-state index contributed by atoms with van der Waals surface area (Å²) < 4.78 is 7.66. The molecule has 0 atom stereocenters. The largest absolute Gasteiger partial charge is 0.457 e. The number of benzene rings is 3. The quantitative estimate of drug-likeness (QED) is 0.357. The van der Waals surface area contributed by atoms with Gasteiger partial charge in [0.05, 0.1) is 18.8 Å². The zero-order valence-electron chi connectivity index (χ0n) is 16.7. The minimum Gasteiger partial charge on any atom is -0.457 e. The fourth-order valence-corrected chi connectivity index (χ4v) is 4.50. The third kappa shape index (κ3) is 4.74. The molecule has 0 amide bonds. The summed E-state index contributed by atoms with van der Waals surface area (Å²) in [6.07, 6.45) is 0.964. The van der Waals surface area contributed by atoms with E-state index in [-0.39, 0.29) is 18.6 Å². The Kier molecular flexibility index (Phi) is 6.27. The summed E-state index contributed by atoms with van der Waals surface area (Å²) >= 11 is 7.46. The number of nitrogens with two attached hydrogens (primary N) is 1. The summed E-state index contributed by atoms with van der Waals surface area (Å²) in [7, 11) is 0. The topological polar surface area (TPSA) is 92.8 Å². The SMILES string of the molecule is NC(CO)(CO)CCc1ccc2sc3ccc(Oc4ccc(Cl)cc4)cc3c(=O)c2c1. The monoisotopic (exact) mass is 455 g/mol. The van der Waals surface area contributed by atoms with E-state index in [2.05, 4.69) is 0 Å². The maximum atomic E-state index is 13.2. The first kappa shape index (κ1) is 21.7. The van der Waals surface area contributed by atoms with Gasteiger partial charge in [-0.15, -0.1) is 11.3 Å². The van der Waals surface area contributed by atoms with Crippen LogP contribution < -0.4 is 15.9 Å². The summed E-state index contributed by atoms with van der Waals surface area (Å²) in [5.41, 5.74) is 5.81. The number of halogens is 1. The Morgan fingerprint density at radius 1 is 0.903 bits per heavy atom. The highest BCUT2D eigenvalue weighted by molar-refractivity contribution is 7.24. The van der Waals surface area contributed by atoms with Gasteiger partial charge in [-0.2, -0.15) is 0 Å². The fraction of sp³-hybridized carbons (Fsp3) is 0.208. The highest BCUT2D eigenvalue weighted by Crippen LogP contribution is 2.30. The molecule has 4 rings (SSSR count). The van der Waals surface area contributed by atoms with Crippen LogP contribution in [-0.2, 0) is 6.42 Å². The second-order valence-electron chi connectivity index (χ2n) is 7.65. The molecule has 4 aromatic rings. The van der Waals surface area contributed by atoms with E-state index in [0.717, 1.165) is 15.0 Å². The van der Waals surface area contributed by atoms with Crippen molar-refractivity contribution in [1.82, 2.24) is 0 Å². The van der Waals surface area contributed by atoms with Crippen molar-refractivity contribution >= 4 is 43.1 Å². The molecule has 0 aliphatic heterocycles. The van der Waals surface area contributed by atoms with Crippen LogP contribution in [0.15, 0.2) is 65.5 Å². The van der Waals surface area contributed by atoms with Crippen LogP contribution in [0.3, 0.4) is 0 Å². The van der Waals surface area contributed by atoms with Crippen LogP contribution in [0, 0.1) is 0 Å². The predicted octanol–water partition coefficient (Wildman–Crippen LogP) is 4.48. The van der Waals surface area contributed by atoms with Gasteiger partial charge in [0.2, 0.25) is 0 Å². The van der Waals surface area contributed by atoms with Crippen LogP contribution in [0.1, 0.15) is 12.0 Å². The van der Waals surface area contributed by atoms with Crippen LogP contribution in [0.2, 0.25) is 5.02 Å². The Morgan fingerprint density at radius 3 is 2.19 bits per heavy atom. The van der Waals surface area contributed by atoms with Crippen LogP contribution >= 0.6 is 22.9 Å². The van der Waals surface area contributed by atoms with E-state index in [9.17, 15) is 15.0 Å². The number of hydrogen-bond acceptors (Lipinski definition) is 6. The first-order chi connectivity index (χ1) is 14.9. The third-order valence-electron chi connectivity index (χ3n) is 5.29. The van der Waals surface area contributed by atoms with Crippen LogP contribution in [0.5, 0.6) is 11.5 Å². The van der Waals surface area contributed by atoms with Crippen molar-refractivity contribution in [3.8, 4) is 11.5 Å². The van der Waals surface area contributed by atoms with Gasteiger partial charge in [-0.05, 0) is 73.0 Å². The summed E-state index contributed by atoms with van der Waals surface area (Å²) in [5, 5.41) is 20.6. The van der Waals surface area contributed by atoms with Crippen molar-refractivity contribution in [3.05, 3.63) is 81.5 Å². The van der Waals surface area contributed by atoms with Crippen LogP contribution in [0.25, 0.3) is 20.2 Å². The smallest absolute Gasteiger partial charge is 0.196 e. The van der Waals surface area contributed by atoms with E-state index in [1.807, 2.05) is 30.3 Å². The normalized spacial score (nSPS) is 11.9. The molecule has 1 heterocycles. The number of fused-ring (bicyclic) bond motifs is 2. The Hall–Kier alpha value is -2.48. The molecule has 0 radical (unpaired) electrons. The molecule has 0 saturated carbocycles. The molecule has 0 bridgehead atoms. The Morgan fingerprint density at radius 2 is 1.52 bits per heavy atom. The third-order valence-corrected chi connectivity index (χ3v) is 6.70. The van der Waals surface area contributed by atoms with Crippen molar-refractivity contribution < 1.29 is 14.9 Å². The first-order valence-electron chi connectivity index (χ1n) is 9.84. The van der Waals surface area contributed by atoms with E-state index < -0.39 is 5.54 Å². The molecule has 4 N–H and O–H groups in total. The lowest BCUT2D eigenvalue weighted by molar-refractivity contribution is 0.115. The molecule has 0 aliphatic rings. The van der Waals surface area contributed by atoms with Crippen molar-refractivity contribution in [2.75, 3.05) is 13.2 Å². The maximum Gasteiger partial charge on any atom is 0.196 e. The van der Waals surface area contributed by atoms with Crippen molar-refractivity contribution in [2.24, 2.45) is 5.73 Å². The predicted molar refractivity (Wildman–Crippen MR) is 127 cm³/mol. The molecule has 0 saturated heterocycles. The second kappa shape index (κ2) is 8.94. The van der Waals surface area contributed by atoms with Crippen LogP contribution in [-0.4, -0.2) is 29.0 Å². The van der Waals surface area contributed by atoms with Crippen LogP contribution in [0.4, 0.5) is 0 Å². The number of ether oxygens (including phenoxy) is 1. The lowest BCUT2D eigenvalue weighted by atomic mass is 9.93. The average molecular weight is 456 g/mol. The molecular weight excluding hydrogens is 434 g/mol. The Labute approximate surface area is 188 Å². The number of rotatable bonds is 7. The van der Waals surface area contributed by atoms with Gasteiger partial charge in [0, 0.05) is 25.2 Å². The molecule has 7 heteroatoms. The lowest BCUT2D eigenvalue weighted by Gasteiger charge is -2.24. The molecular formula is C24H22ClNO4S. The Bertz CT molecular complexity index is 1280. The maximum absolute atomic E-state index is 13.2. The van der Waals surface area contributed by atoms with Gasteiger partial charge in [0.25, 0.3) is 0 Å². The van der Waals surface area contributed by atoms with E-state index >= 15 is 0 Å². The zero-order chi connectivity index (χ0) is 22.0. The average Bonchev–Trinajstić information content (AvgIpc) is 2.80. The molecule has 0 unspecified atom stereocenters. The highest BCUT2D eigenvalue weighted by atomic mass is 35.5. The Balaban J connectivity index is 1.68. The van der Waals surface area contributed by atoms with Gasteiger partial charge in [-0.1, -0.05) is 17.7 Å².